The van der Waals surface area contributed by atoms with Crippen LogP contribution in [0.1, 0.15) is 56.5 Å². The van der Waals surface area contributed by atoms with Crippen LogP contribution in [0.5, 0.6) is 11.5 Å². The van der Waals surface area contributed by atoms with E-state index in [1.54, 1.807) is 0 Å². The summed E-state index contributed by atoms with van der Waals surface area (Å²) in [4.78, 5) is 4.71. The number of aliphatic imine (C=N–C) groups is 1. The molecule has 1 fully saturated rings. The number of fused-ring (bicyclic) bond motifs is 1. The average molecular weight is 556 g/mol. The van der Waals surface area contributed by atoms with E-state index in [0.29, 0.717) is 12.5 Å². The SMILES string of the molecule is CCNC(=NCc1cc(C(C)C)no1)NCC1(c2ccc3c(c2)OCO3)CCOCC1.I. The normalized spacial score (nSPS) is 17.2. The topological polar surface area (TPSA) is 90.1 Å². The van der Waals surface area contributed by atoms with Crippen LogP contribution in [-0.2, 0) is 16.7 Å². The van der Waals surface area contributed by atoms with E-state index in [-0.39, 0.29) is 36.2 Å². The monoisotopic (exact) mass is 556 g/mol. The summed E-state index contributed by atoms with van der Waals surface area (Å²) < 4.78 is 22.2. The first-order valence-electron chi connectivity index (χ1n) is 11.1. The van der Waals surface area contributed by atoms with Crippen molar-refractivity contribution in [3.63, 3.8) is 0 Å². The van der Waals surface area contributed by atoms with Crippen molar-refractivity contribution >= 4 is 29.9 Å². The minimum atomic E-state index is -0.0630. The van der Waals surface area contributed by atoms with Crippen molar-refractivity contribution < 1.29 is 18.7 Å². The van der Waals surface area contributed by atoms with Gasteiger partial charge in [0.2, 0.25) is 6.79 Å². The molecule has 2 N–H and O–H groups in total. The van der Waals surface area contributed by atoms with E-state index in [1.807, 2.05) is 12.1 Å². The predicted octanol–water partition coefficient (Wildman–Crippen LogP) is 3.95. The summed E-state index contributed by atoms with van der Waals surface area (Å²) in [5.74, 6) is 3.48. The lowest BCUT2D eigenvalue weighted by molar-refractivity contribution is 0.0513. The van der Waals surface area contributed by atoms with Crippen molar-refractivity contribution in [3.05, 3.63) is 41.3 Å². The van der Waals surface area contributed by atoms with Crippen LogP contribution in [0.15, 0.2) is 33.8 Å². The molecule has 0 atom stereocenters. The number of benzene rings is 1. The fourth-order valence-electron chi connectivity index (χ4n) is 3.98. The number of nitrogens with one attached hydrogen (secondary N) is 2. The Labute approximate surface area is 206 Å². The van der Waals surface area contributed by atoms with Gasteiger partial charge in [0.15, 0.2) is 23.2 Å². The van der Waals surface area contributed by atoms with Crippen molar-refractivity contribution in [1.29, 1.82) is 0 Å². The van der Waals surface area contributed by atoms with Gasteiger partial charge in [-0.05, 0) is 43.4 Å². The first-order valence-corrected chi connectivity index (χ1v) is 11.1. The summed E-state index contributed by atoms with van der Waals surface area (Å²) in [6.07, 6.45) is 1.86. The van der Waals surface area contributed by atoms with Crippen molar-refractivity contribution in [2.24, 2.45) is 4.99 Å². The smallest absolute Gasteiger partial charge is 0.231 e. The molecule has 32 heavy (non-hydrogen) atoms. The Morgan fingerprint density at radius 3 is 2.62 bits per heavy atom. The second-order valence-corrected chi connectivity index (χ2v) is 8.38. The number of hydrogen-bond donors (Lipinski definition) is 2. The van der Waals surface area contributed by atoms with Gasteiger partial charge in [-0.3, -0.25) is 0 Å². The third-order valence-corrected chi connectivity index (χ3v) is 5.94. The van der Waals surface area contributed by atoms with E-state index in [4.69, 9.17) is 23.7 Å². The van der Waals surface area contributed by atoms with Crippen molar-refractivity contribution in [2.75, 3.05) is 33.1 Å². The summed E-state index contributed by atoms with van der Waals surface area (Å²) in [5.41, 5.74) is 2.12. The predicted molar refractivity (Wildman–Crippen MR) is 133 cm³/mol. The van der Waals surface area contributed by atoms with Gasteiger partial charge in [0, 0.05) is 37.8 Å². The molecule has 1 aromatic heterocycles. The fourth-order valence-corrected chi connectivity index (χ4v) is 3.98. The highest BCUT2D eigenvalue weighted by molar-refractivity contribution is 14.0. The van der Waals surface area contributed by atoms with Gasteiger partial charge in [0.05, 0.1) is 5.69 Å². The zero-order chi connectivity index (χ0) is 21.7. The Hall–Kier alpha value is -2.01. The highest BCUT2D eigenvalue weighted by atomic mass is 127. The van der Waals surface area contributed by atoms with Gasteiger partial charge in [-0.1, -0.05) is 25.1 Å². The van der Waals surface area contributed by atoms with Gasteiger partial charge < -0.3 is 29.4 Å². The Morgan fingerprint density at radius 1 is 1.12 bits per heavy atom. The first kappa shape index (κ1) is 24.6. The summed E-state index contributed by atoms with van der Waals surface area (Å²) in [6, 6.07) is 8.24. The third-order valence-electron chi connectivity index (χ3n) is 5.94. The molecule has 0 spiro atoms. The first-order chi connectivity index (χ1) is 15.1. The molecule has 9 heteroatoms. The van der Waals surface area contributed by atoms with Gasteiger partial charge >= 0.3 is 0 Å². The van der Waals surface area contributed by atoms with E-state index < -0.39 is 0 Å². The van der Waals surface area contributed by atoms with E-state index in [1.165, 1.54) is 5.56 Å². The van der Waals surface area contributed by atoms with Crippen LogP contribution < -0.4 is 20.1 Å². The maximum absolute atomic E-state index is 5.67. The lowest BCUT2D eigenvalue weighted by atomic mass is 9.74. The summed E-state index contributed by atoms with van der Waals surface area (Å²) >= 11 is 0. The molecule has 0 saturated carbocycles. The van der Waals surface area contributed by atoms with E-state index >= 15 is 0 Å². The molecule has 1 aromatic carbocycles. The fraction of sp³-hybridized carbons (Fsp3) is 0.565. The highest BCUT2D eigenvalue weighted by Gasteiger charge is 2.36. The maximum atomic E-state index is 5.67. The Bertz CT molecular complexity index is 909. The van der Waals surface area contributed by atoms with Crippen molar-refractivity contribution in [3.8, 4) is 11.5 Å². The Morgan fingerprint density at radius 2 is 1.91 bits per heavy atom. The van der Waals surface area contributed by atoms with Gasteiger partial charge in [0.1, 0.15) is 6.54 Å². The number of rotatable bonds is 7. The number of nitrogens with zero attached hydrogens (tertiary/aromatic N) is 2. The molecule has 8 nitrogen and oxygen atoms in total. The summed E-state index contributed by atoms with van der Waals surface area (Å²) in [6.45, 7) is 9.97. The lowest BCUT2D eigenvalue weighted by Crippen LogP contribution is -2.48. The molecule has 2 aliphatic heterocycles. The molecule has 2 aromatic rings. The zero-order valence-corrected chi connectivity index (χ0v) is 21.3. The van der Waals surface area contributed by atoms with Crippen LogP contribution in [0.4, 0.5) is 0 Å². The quantitative estimate of drug-likeness (QED) is 0.303. The van der Waals surface area contributed by atoms with Crippen LogP contribution >= 0.6 is 24.0 Å². The molecule has 1 saturated heterocycles. The zero-order valence-electron chi connectivity index (χ0n) is 19.0. The van der Waals surface area contributed by atoms with Crippen LogP contribution in [0.3, 0.4) is 0 Å². The van der Waals surface area contributed by atoms with Crippen LogP contribution in [0.2, 0.25) is 0 Å². The molecule has 0 unspecified atom stereocenters. The molecule has 3 heterocycles. The second-order valence-electron chi connectivity index (χ2n) is 8.38. The molecular weight excluding hydrogens is 523 g/mol. The standard InChI is InChI=1S/C23H32N4O4.HI/c1-4-24-22(25-13-18-12-19(16(2)3)27-31-18)26-14-23(7-9-28-10-8-23)17-5-6-20-21(11-17)30-15-29-20;/h5-6,11-12,16H,4,7-10,13-15H2,1-3H3,(H2,24,25,26);1H. The second kappa shape index (κ2) is 11.2. The minimum Gasteiger partial charge on any atom is -0.454 e. The molecule has 176 valence electrons. The van der Waals surface area contributed by atoms with Crippen molar-refractivity contribution in [2.45, 2.75) is 51.5 Å². The van der Waals surface area contributed by atoms with Crippen LogP contribution in [0.25, 0.3) is 0 Å². The van der Waals surface area contributed by atoms with Crippen LogP contribution in [-0.4, -0.2) is 44.2 Å². The Kier molecular flexibility index (Phi) is 8.64. The molecule has 0 bridgehead atoms. The molecule has 4 rings (SSSR count). The van der Waals surface area contributed by atoms with Crippen molar-refractivity contribution in [1.82, 2.24) is 15.8 Å². The maximum Gasteiger partial charge on any atom is 0.231 e. The highest BCUT2D eigenvalue weighted by Crippen LogP contribution is 2.40. The molecule has 0 radical (unpaired) electrons. The van der Waals surface area contributed by atoms with Gasteiger partial charge in [0.25, 0.3) is 0 Å². The number of guanidine groups is 1. The molecule has 0 amide bonds. The van der Waals surface area contributed by atoms with Gasteiger partial charge in [-0.2, -0.15) is 0 Å². The van der Waals surface area contributed by atoms with Gasteiger partial charge in [-0.15, -0.1) is 24.0 Å². The number of halogens is 1. The van der Waals surface area contributed by atoms with E-state index in [2.05, 4.69) is 48.7 Å². The van der Waals surface area contributed by atoms with E-state index in [0.717, 1.165) is 68.1 Å². The minimum absolute atomic E-state index is 0. The largest absolute Gasteiger partial charge is 0.454 e. The Balaban J connectivity index is 0.00000289. The van der Waals surface area contributed by atoms with E-state index in [9.17, 15) is 0 Å². The number of ether oxygens (including phenoxy) is 3. The lowest BCUT2D eigenvalue weighted by Gasteiger charge is -2.38. The summed E-state index contributed by atoms with van der Waals surface area (Å²) in [7, 11) is 0. The summed E-state index contributed by atoms with van der Waals surface area (Å²) in [5, 5.41) is 11.0. The molecule has 2 aliphatic rings. The van der Waals surface area contributed by atoms with Crippen LogP contribution in [0, 0.1) is 0 Å². The average Bonchev–Trinajstić information content (AvgIpc) is 3.45. The molecule has 0 aliphatic carbocycles. The number of hydrogen-bond acceptors (Lipinski definition) is 6. The third kappa shape index (κ3) is 5.67. The molecular formula is C23H33IN4O4. The number of aromatic nitrogens is 1. The van der Waals surface area contributed by atoms with Gasteiger partial charge in [-0.25, -0.2) is 4.99 Å².